The van der Waals surface area contributed by atoms with Crippen LogP contribution < -0.4 is 5.32 Å². The molecule has 0 bridgehead atoms. The molecule has 0 aliphatic carbocycles. The Hall–Kier alpha value is -0.570. The highest BCUT2D eigenvalue weighted by atomic mass is 16.5. The molecule has 1 atom stereocenters. The van der Waals surface area contributed by atoms with Gasteiger partial charge < -0.3 is 10.1 Å². The molecule has 1 heterocycles. The predicted octanol–water partition coefficient (Wildman–Crippen LogP) is 1.57. The van der Waals surface area contributed by atoms with E-state index in [1.54, 1.807) is 0 Å². The van der Waals surface area contributed by atoms with Crippen LogP contribution in [0.15, 0.2) is 0 Å². The van der Waals surface area contributed by atoms with Crippen molar-refractivity contribution >= 4 is 5.97 Å². The summed E-state index contributed by atoms with van der Waals surface area (Å²) in [7, 11) is 0. The van der Waals surface area contributed by atoms with Crippen molar-refractivity contribution in [3.8, 4) is 0 Å². The Morgan fingerprint density at radius 3 is 2.36 bits per heavy atom. The Labute approximate surface area is 86.2 Å². The van der Waals surface area contributed by atoms with Gasteiger partial charge in [0.2, 0.25) is 0 Å². The van der Waals surface area contributed by atoms with Crippen LogP contribution in [-0.2, 0) is 9.53 Å². The zero-order valence-electron chi connectivity index (χ0n) is 9.59. The molecule has 1 N–H and O–H groups in total. The molecule has 1 aliphatic heterocycles. The van der Waals surface area contributed by atoms with Crippen LogP contribution in [0.1, 0.15) is 34.1 Å². The van der Waals surface area contributed by atoms with Crippen LogP contribution in [-0.4, -0.2) is 25.2 Å². The van der Waals surface area contributed by atoms with Crippen molar-refractivity contribution in [3.05, 3.63) is 0 Å². The normalized spacial score (nSPS) is 27.3. The third-order valence-corrected chi connectivity index (χ3v) is 3.04. The van der Waals surface area contributed by atoms with Gasteiger partial charge in [-0.3, -0.25) is 4.79 Å². The first-order valence-corrected chi connectivity index (χ1v) is 5.41. The maximum Gasteiger partial charge on any atom is 0.313 e. The topological polar surface area (TPSA) is 38.3 Å². The Morgan fingerprint density at radius 1 is 1.36 bits per heavy atom. The molecule has 14 heavy (non-hydrogen) atoms. The first-order valence-electron chi connectivity index (χ1n) is 5.41. The molecule has 0 amide bonds. The van der Waals surface area contributed by atoms with E-state index in [4.69, 9.17) is 4.74 Å². The van der Waals surface area contributed by atoms with Gasteiger partial charge in [0.05, 0.1) is 11.5 Å². The minimum absolute atomic E-state index is 0.0151. The quantitative estimate of drug-likeness (QED) is 0.701. The predicted molar refractivity (Wildman–Crippen MR) is 56.0 cm³/mol. The van der Waals surface area contributed by atoms with Crippen molar-refractivity contribution in [2.24, 2.45) is 11.3 Å². The number of carbonyl (C=O) groups is 1. The van der Waals surface area contributed by atoms with E-state index in [9.17, 15) is 4.79 Å². The number of ether oxygens (including phenoxy) is 1. The average molecular weight is 199 g/mol. The summed E-state index contributed by atoms with van der Waals surface area (Å²) < 4.78 is 5.32. The van der Waals surface area contributed by atoms with Gasteiger partial charge in [0.25, 0.3) is 0 Å². The Balaban J connectivity index is 2.72. The van der Waals surface area contributed by atoms with Crippen LogP contribution >= 0.6 is 0 Å². The van der Waals surface area contributed by atoms with Crippen LogP contribution in [0.5, 0.6) is 0 Å². The van der Waals surface area contributed by atoms with Crippen molar-refractivity contribution in [1.82, 2.24) is 5.32 Å². The van der Waals surface area contributed by atoms with Crippen molar-refractivity contribution in [2.45, 2.75) is 40.2 Å². The van der Waals surface area contributed by atoms with Gasteiger partial charge in [-0.1, -0.05) is 13.8 Å². The Kier molecular flexibility index (Phi) is 3.53. The molecular formula is C11H21NO2. The molecule has 1 fully saturated rings. The van der Waals surface area contributed by atoms with E-state index in [1.807, 2.05) is 13.8 Å². The molecule has 1 rings (SSSR count). The molecule has 0 spiro atoms. The summed E-state index contributed by atoms with van der Waals surface area (Å²) in [6.07, 6.45) is 0.884. The summed E-state index contributed by atoms with van der Waals surface area (Å²) in [6, 6.07) is 0. The van der Waals surface area contributed by atoms with E-state index >= 15 is 0 Å². The van der Waals surface area contributed by atoms with Crippen molar-refractivity contribution < 1.29 is 9.53 Å². The van der Waals surface area contributed by atoms with Crippen molar-refractivity contribution in [1.29, 1.82) is 0 Å². The zero-order chi connectivity index (χ0) is 10.8. The molecule has 0 aromatic carbocycles. The van der Waals surface area contributed by atoms with Gasteiger partial charge in [-0.05, 0) is 32.7 Å². The third-order valence-electron chi connectivity index (χ3n) is 3.04. The summed E-state index contributed by atoms with van der Waals surface area (Å²) in [5.41, 5.74) is -0.287. The molecule has 3 heteroatoms. The lowest BCUT2D eigenvalue weighted by atomic mass is 9.76. The maximum absolute atomic E-state index is 12.0. The summed E-state index contributed by atoms with van der Waals surface area (Å²) in [4.78, 5) is 12.0. The Bertz CT molecular complexity index is 205. The van der Waals surface area contributed by atoms with E-state index in [0.717, 1.165) is 19.5 Å². The molecule has 0 aromatic rings. The monoisotopic (exact) mass is 199 g/mol. The summed E-state index contributed by atoms with van der Waals surface area (Å²) >= 11 is 0. The van der Waals surface area contributed by atoms with Crippen LogP contribution in [0, 0.1) is 11.3 Å². The Morgan fingerprint density at radius 2 is 2.00 bits per heavy atom. The fraction of sp³-hybridized carbons (Fsp3) is 0.909. The SMILES string of the molecule is CC(C)OC(=O)C1(C(C)C)CCNC1. The first-order chi connectivity index (χ1) is 6.49. The minimum Gasteiger partial charge on any atom is -0.463 e. The van der Waals surface area contributed by atoms with E-state index in [2.05, 4.69) is 19.2 Å². The molecular weight excluding hydrogens is 178 g/mol. The highest BCUT2D eigenvalue weighted by molar-refractivity contribution is 5.78. The number of hydrogen-bond donors (Lipinski definition) is 1. The lowest BCUT2D eigenvalue weighted by Crippen LogP contribution is -2.40. The highest BCUT2D eigenvalue weighted by Gasteiger charge is 2.45. The van der Waals surface area contributed by atoms with Gasteiger partial charge >= 0.3 is 5.97 Å². The van der Waals surface area contributed by atoms with Crippen LogP contribution in [0.4, 0.5) is 0 Å². The van der Waals surface area contributed by atoms with Gasteiger partial charge in [-0.2, -0.15) is 0 Å². The number of carbonyl (C=O) groups excluding carboxylic acids is 1. The number of esters is 1. The van der Waals surface area contributed by atoms with Gasteiger partial charge in [-0.15, -0.1) is 0 Å². The molecule has 0 aromatic heterocycles. The second-order valence-corrected chi connectivity index (χ2v) is 4.69. The summed E-state index contributed by atoms with van der Waals surface area (Å²) in [5.74, 6) is 0.302. The smallest absolute Gasteiger partial charge is 0.313 e. The van der Waals surface area contributed by atoms with Gasteiger partial charge in [0, 0.05) is 6.54 Å². The van der Waals surface area contributed by atoms with Gasteiger partial charge in [0.1, 0.15) is 0 Å². The standard InChI is InChI=1S/C11H21NO2/c1-8(2)11(5-6-12-7-11)10(13)14-9(3)4/h8-9,12H,5-7H2,1-4H3. The summed E-state index contributed by atoms with van der Waals surface area (Å²) in [5, 5.41) is 3.25. The largest absolute Gasteiger partial charge is 0.463 e. The average Bonchev–Trinajstić information content (AvgIpc) is 2.51. The van der Waals surface area contributed by atoms with E-state index in [1.165, 1.54) is 0 Å². The lowest BCUT2D eigenvalue weighted by molar-refractivity contribution is -0.161. The van der Waals surface area contributed by atoms with Crippen molar-refractivity contribution in [2.75, 3.05) is 13.1 Å². The first kappa shape index (κ1) is 11.5. The zero-order valence-corrected chi connectivity index (χ0v) is 9.59. The van der Waals surface area contributed by atoms with Crippen molar-refractivity contribution in [3.63, 3.8) is 0 Å². The van der Waals surface area contributed by atoms with Crippen LogP contribution in [0.25, 0.3) is 0 Å². The van der Waals surface area contributed by atoms with E-state index in [0.29, 0.717) is 5.92 Å². The molecule has 1 aliphatic rings. The minimum atomic E-state index is -0.287. The molecule has 0 radical (unpaired) electrons. The number of nitrogens with one attached hydrogen (secondary N) is 1. The van der Waals surface area contributed by atoms with Gasteiger partial charge in [0.15, 0.2) is 0 Å². The number of hydrogen-bond acceptors (Lipinski definition) is 3. The molecule has 0 saturated carbocycles. The summed E-state index contributed by atoms with van der Waals surface area (Å²) in [6.45, 7) is 9.66. The lowest BCUT2D eigenvalue weighted by Gasteiger charge is -2.30. The second kappa shape index (κ2) is 4.30. The second-order valence-electron chi connectivity index (χ2n) is 4.69. The maximum atomic E-state index is 12.0. The van der Waals surface area contributed by atoms with Crippen LogP contribution in [0.3, 0.4) is 0 Å². The fourth-order valence-electron chi connectivity index (χ4n) is 1.95. The van der Waals surface area contributed by atoms with E-state index in [-0.39, 0.29) is 17.5 Å². The molecule has 1 saturated heterocycles. The number of rotatable bonds is 3. The fourth-order valence-corrected chi connectivity index (χ4v) is 1.95. The molecule has 82 valence electrons. The van der Waals surface area contributed by atoms with Crippen LogP contribution in [0.2, 0.25) is 0 Å². The molecule has 1 unspecified atom stereocenters. The molecule has 3 nitrogen and oxygen atoms in total. The highest BCUT2D eigenvalue weighted by Crippen LogP contribution is 2.35. The van der Waals surface area contributed by atoms with E-state index < -0.39 is 0 Å². The third kappa shape index (κ3) is 2.08. The van der Waals surface area contributed by atoms with Gasteiger partial charge in [-0.25, -0.2) is 0 Å².